The van der Waals surface area contributed by atoms with Gasteiger partial charge < -0.3 is 9.88 Å². The number of para-hydroxylation sites is 1. The summed E-state index contributed by atoms with van der Waals surface area (Å²) in [5.41, 5.74) is 5.98. The van der Waals surface area contributed by atoms with Gasteiger partial charge in [-0.25, -0.2) is 8.78 Å². The van der Waals surface area contributed by atoms with E-state index in [2.05, 4.69) is 70.7 Å². The summed E-state index contributed by atoms with van der Waals surface area (Å²) in [5.74, 6) is -2.49. The molecule has 1 atom stereocenters. The summed E-state index contributed by atoms with van der Waals surface area (Å²) in [4.78, 5) is 1.93. The smallest absolute Gasteiger partial charge is 0.272 e. The molecule has 1 fully saturated rings. The van der Waals surface area contributed by atoms with Crippen LogP contribution in [-0.4, -0.2) is 41.6 Å². The van der Waals surface area contributed by atoms with Crippen LogP contribution < -0.4 is 5.32 Å². The summed E-state index contributed by atoms with van der Waals surface area (Å²) in [5, 5.41) is 4.40. The van der Waals surface area contributed by atoms with Gasteiger partial charge >= 0.3 is 0 Å². The van der Waals surface area contributed by atoms with Crippen molar-refractivity contribution >= 4 is 22.2 Å². The van der Waals surface area contributed by atoms with Crippen LogP contribution >= 0.6 is 0 Å². The van der Waals surface area contributed by atoms with Crippen molar-refractivity contribution in [1.29, 1.82) is 0 Å². The van der Waals surface area contributed by atoms with Crippen molar-refractivity contribution in [2.75, 3.05) is 25.5 Å². The number of alkyl halides is 2. The Balaban J connectivity index is 1.46. The van der Waals surface area contributed by atoms with Gasteiger partial charge in [0.1, 0.15) is 0 Å². The second-order valence-corrected chi connectivity index (χ2v) is 8.15. The molecule has 2 aromatic carbocycles. The summed E-state index contributed by atoms with van der Waals surface area (Å²) in [6.45, 7) is -0.161. The zero-order valence-electron chi connectivity index (χ0n) is 16.5. The van der Waals surface area contributed by atoms with Crippen molar-refractivity contribution in [2.45, 2.75) is 31.2 Å². The molecular formula is C24H25F2N3. The molecule has 1 N–H and O–H groups in total. The van der Waals surface area contributed by atoms with E-state index >= 15 is 0 Å². The van der Waals surface area contributed by atoms with E-state index in [1.807, 2.05) is 11.9 Å². The van der Waals surface area contributed by atoms with Crippen molar-refractivity contribution < 1.29 is 8.78 Å². The first-order valence-electron chi connectivity index (χ1n) is 10.2. The molecule has 0 saturated carbocycles. The topological polar surface area (TPSA) is 20.2 Å². The fourth-order valence-corrected chi connectivity index (χ4v) is 4.64. The minimum atomic E-state index is -2.49. The highest BCUT2D eigenvalue weighted by molar-refractivity contribution is 5.94. The molecule has 1 aromatic heterocycles. The number of likely N-dealkylation sites (tertiary alicyclic amines) is 1. The predicted octanol–water partition coefficient (Wildman–Crippen LogP) is 5.56. The molecule has 29 heavy (non-hydrogen) atoms. The maximum atomic E-state index is 13.2. The molecule has 3 nitrogen and oxygen atoms in total. The lowest BCUT2D eigenvalue weighted by atomic mass is 9.88. The summed E-state index contributed by atoms with van der Waals surface area (Å²) in [6, 6.07) is 17.1. The minimum absolute atomic E-state index is 0.0806. The lowest BCUT2D eigenvalue weighted by Gasteiger charge is -2.44. The Bertz CT molecular complexity index is 1060. The summed E-state index contributed by atoms with van der Waals surface area (Å²) in [6.07, 6.45) is 7.21. The SMILES string of the molecule is CNc1ccc(-n2cc(C3=CCC(N4CC(F)(F)C4)CC3)c3ccccc32)cc1. The van der Waals surface area contributed by atoms with Gasteiger partial charge in [-0.1, -0.05) is 24.3 Å². The van der Waals surface area contributed by atoms with Crippen LogP contribution in [0.25, 0.3) is 22.2 Å². The van der Waals surface area contributed by atoms with Crippen LogP contribution in [0.1, 0.15) is 24.8 Å². The van der Waals surface area contributed by atoms with Gasteiger partial charge in [-0.3, -0.25) is 4.90 Å². The van der Waals surface area contributed by atoms with Crippen LogP contribution in [0.15, 0.2) is 60.8 Å². The van der Waals surface area contributed by atoms with Gasteiger partial charge in [0.25, 0.3) is 5.92 Å². The van der Waals surface area contributed by atoms with E-state index in [0.717, 1.165) is 30.6 Å². The Kier molecular flexibility index (Phi) is 4.43. The third-order valence-electron chi connectivity index (χ3n) is 6.26. The van der Waals surface area contributed by atoms with E-state index in [1.165, 1.54) is 22.0 Å². The summed E-state index contributed by atoms with van der Waals surface area (Å²) in [7, 11) is 1.92. The third kappa shape index (κ3) is 3.33. The number of benzene rings is 2. The molecular weight excluding hydrogens is 368 g/mol. The molecule has 0 radical (unpaired) electrons. The normalized spacial score (nSPS) is 21.6. The fraction of sp³-hybridized carbons (Fsp3) is 0.333. The molecule has 2 aliphatic rings. The Morgan fingerprint density at radius 3 is 2.45 bits per heavy atom. The number of nitrogens with one attached hydrogen (secondary N) is 1. The number of aromatic nitrogens is 1. The molecule has 2 heterocycles. The van der Waals surface area contributed by atoms with Gasteiger partial charge in [-0.2, -0.15) is 0 Å². The van der Waals surface area contributed by atoms with E-state index in [-0.39, 0.29) is 19.1 Å². The van der Waals surface area contributed by atoms with E-state index in [9.17, 15) is 8.78 Å². The largest absolute Gasteiger partial charge is 0.388 e. The van der Waals surface area contributed by atoms with Crippen molar-refractivity contribution in [3.63, 3.8) is 0 Å². The number of allylic oxidation sites excluding steroid dienone is 1. The van der Waals surface area contributed by atoms with Crippen molar-refractivity contribution in [3.05, 3.63) is 66.4 Å². The molecule has 1 saturated heterocycles. The highest BCUT2D eigenvalue weighted by Crippen LogP contribution is 2.38. The molecule has 1 aliphatic heterocycles. The maximum Gasteiger partial charge on any atom is 0.272 e. The molecule has 1 unspecified atom stereocenters. The Hall–Kier alpha value is -2.66. The molecule has 0 bridgehead atoms. The van der Waals surface area contributed by atoms with Gasteiger partial charge in [-0.05, 0) is 55.2 Å². The monoisotopic (exact) mass is 393 g/mol. The van der Waals surface area contributed by atoms with Crippen LogP contribution in [0.5, 0.6) is 0 Å². The van der Waals surface area contributed by atoms with E-state index in [4.69, 9.17) is 0 Å². The molecule has 1 aliphatic carbocycles. The zero-order valence-corrected chi connectivity index (χ0v) is 16.5. The van der Waals surface area contributed by atoms with Crippen molar-refractivity contribution in [3.8, 4) is 5.69 Å². The zero-order chi connectivity index (χ0) is 20.0. The lowest BCUT2D eigenvalue weighted by molar-refractivity contribution is -0.146. The van der Waals surface area contributed by atoms with E-state index in [1.54, 1.807) is 0 Å². The van der Waals surface area contributed by atoms with Gasteiger partial charge in [-0.15, -0.1) is 0 Å². The molecule has 5 rings (SSSR count). The minimum Gasteiger partial charge on any atom is -0.388 e. The fourth-order valence-electron chi connectivity index (χ4n) is 4.64. The van der Waals surface area contributed by atoms with Crippen LogP contribution in [0, 0.1) is 0 Å². The number of anilines is 1. The molecule has 150 valence electrons. The summed E-state index contributed by atoms with van der Waals surface area (Å²) < 4.78 is 28.7. The Labute approximate surface area is 169 Å². The lowest BCUT2D eigenvalue weighted by Crippen LogP contribution is -2.60. The first-order valence-corrected chi connectivity index (χ1v) is 10.2. The van der Waals surface area contributed by atoms with Crippen molar-refractivity contribution in [2.24, 2.45) is 0 Å². The molecule has 5 heteroatoms. The average Bonchev–Trinajstić information content (AvgIpc) is 3.12. The quantitative estimate of drug-likeness (QED) is 0.626. The number of hydrogen-bond donors (Lipinski definition) is 1. The van der Waals surface area contributed by atoms with Gasteiger partial charge in [0.05, 0.1) is 18.6 Å². The third-order valence-corrected chi connectivity index (χ3v) is 6.26. The second-order valence-electron chi connectivity index (χ2n) is 8.15. The Morgan fingerprint density at radius 2 is 1.79 bits per heavy atom. The Morgan fingerprint density at radius 1 is 1.03 bits per heavy atom. The molecule has 3 aromatic rings. The van der Waals surface area contributed by atoms with Crippen LogP contribution in [0.4, 0.5) is 14.5 Å². The predicted molar refractivity (Wildman–Crippen MR) is 115 cm³/mol. The van der Waals surface area contributed by atoms with E-state index < -0.39 is 5.92 Å². The van der Waals surface area contributed by atoms with Gasteiger partial charge in [0.2, 0.25) is 0 Å². The standard InChI is InChI=1S/C24H25F2N3/c1-27-18-8-12-20(13-9-18)29-14-22(21-4-2-3-5-23(21)29)17-6-10-19(11-7-17)28-15-24(25,26)16-28/h2-6,8-9,12-14,19,27H,7,10-11,15-16H2,1H3. The van der Waals surface area contributed by atoms with Gasteiger partial charge in [0.15, 0.2) is 0 Å². The highest BCUT2D eigenvalue weighted by Gasteiger charge is 2.46. The van der Waals surface area contributed by atoms with Crippen LogP contribution in [-0.2, 0) is 0 Å². The number of halogens is 2. The number of rotatable bonds is 4. The van der Waals surface area contributed by atoms with Crippen molar-refractivity contribution in [1.82, 2.24) is 9.47 Å². The summed E-state index contributed by atoms with van der Waals surface area (Å²) >= 11 is 0. The molecule has 0 amide bonds. The number of fused-ring (bicyclic) bond motifs is 1. The van der Waals surface area contributed by atoms with Gasteiger partial charge in [0, 0.05) is 41.6 Å². The number of hydrogen-bond acceptors (Lipinski definition) is 2. The maximum absolute atomic E-state index is 13.2. The highest BCUT2D eigenvalue weighted by atomic mass is 19.3. The van der Waals surface area contributed by atoms with Crippen LogP contribution in [0.3, 0.4) is 0 Å². The first kappa shape index (κ1) is 18.4. The average molecular weight is 393 g/mol. The van der Waals surface area contributed by atoms with Crippen LogP contribution in [0.2, 0.25) is 0 Å². The first-order chi connectivity index (χ1) is 14.0. The second kappa shape index (κ2) is 6.99. The number of nitrogens with zero attached hydrogens (tertiary/aromatic N) is 2. The molecule has 0 spiro atoms. The van der Waals surface area contributed by atoms with E-state index in [0.29, 0.717) is 0 Å².